The molecule has 3 nitrogen and oxygen atoms in total. The highest BCUT2D eigenvalue weighted by Gasteiger charge is 2.46. The molecule has 4 heteroatoms. The zero-order chi connectivity index (χ0) is 52.2. The summed E-state index contributed by atoms with van der Waals surface area (Å²) in [7, 11) is 0. The molecule has 0 atom stereocenters. The number of hydrogen-bond acceptors (Lipinski definition) is 1. The van der Waals surface area contributed by atoms with Gasteiger partial charge in [0, 0.05) is 55.6 Å². The molecule has 12 rings (SSSR count). The topological polar surface area (TPSA) is 13.1 Å². The number of rotatable bonds is 4. The van der Waals surface area contributed by atoms with Crippen LogP contribution in [0.4, 0.5) is 17.1 Å². The molecule has 0 spiro atoms. The molecule has 370 valence electrons. The monoisotopic (exact) mass is 966 g/mol. The van der Waals surface area contributed by atoms with Gasteiger partial charge in [0.15, 0.2) is 0 Å². The van der Waals surface area contributed by atoms with E-state index < -0.39 is 0 Å². The van der Waals surface area contributed by atoms with Crippen LogP contribution in [0, 0.1) is 0 Å². The van der Waals surface area contributed by atoms with Crippen molar-refractivity contribution in [1.29, 1.82) is 0 Å². The fourth-order valence-corrected chi connectivity index (χ4v) is 12.2. The van der Waals surface area contributed by atoms with Gasteiger partial charge in [-0.1, -0.05) is 207 Å². The SMILES string of the molecule is CC(C)(C)c1ccc(N2c3cc(C(C)(C)C)cc4c3B(c3ccc5c(c32)c2cc(C(C)(C)C)ccc2n5-c2ccc(C(C)(C)C)cc2)n2c(-c3ccccc3)c(-c3ccccc3)c3cc(C(C)(C)C)cc-4c32)cc1. The molecule has 74 heavy (non-hydrogen) atoms. The van der Waals surface area contributed by atoms with Crippen molar-refractivity contribution in [3.63, 3.8) is 0 Å². The summed E-state index contributed by atoms with van der Waals surface area (Å²) in [6.07, 6.45) is 0. The summed E-state index contributed by atoms with van der Waals surface area (Å²) in [6, 6.07) is 63.8. The number of aromatic nitrogens is 2. The first kappa shape index (κ1) is 47.9. The third-order valence-corrected chi connectivity index (χ3v) is 16.5. The maximum Gasteiger partial charge on any atom is 0.333 e. The lowest BCUT2D eigenvalue weighted by atomic mass is 9.44. The normalized spacial score (nSPS) is 13.8. The molecule has 0 unspecified atom stereocenters. The molecule has 0 amide bonds. The van der Waals surface area contributed by atoms with Crippen LogP contribution in [0.25, 0.3) is 71.9 Å². The van der Waals surface area contributed by atoms with Crippen LogP contribution in [0.3, 0.4) is 0 Å². The average molecular weight is 966 g/mol. The molecule has 0 saturated heterocycles. The van der Waals surface area contributed by atoms with Crippen molar-refractivity contribution in [2.75, 3.05) is 4.90 Å². The summed E-state index contributed by atoms with van der Waals surface area (Å²) in [4.78, 5) is 2.69. The van der Waals surface area contributed by atoms with E-state index in [-0.39, 0.29) is 33.9 Å². The first-order chi connectivity index (χ1) is 34.9. The van der Waals surface area contributed by atoms with Gasteiger partial charge in [0.1, 0.15) is 0 Å². The first-order valence-electron chi connectivity index (χ1n) is 27.0. The molecule has 0 bridgehead atoms. The number of hydrogen-bond donors (Lipinski definition) is 0. The van der Waals surface area contributed by atoms with E-state index in [0.717, 1.165) is 0 Å². The van der Waals surface area contributed by atoms with Crippen LogP contribution in [-0.4, -0.2) is 15.9 Å². The highest BCUT2D eigenvalue weighted by Crippen LogP contribution is 2.53. The Hall–Kier alpha value is -7.04. The van der Waals surface area contributed by atoms with Gasteiger partial charge in [-0.3, -0.25) is 0 Å². The predicted octanol–water partition coefficient (Wildman–Crippen LogP) is 18.0. The molecular formula is C70H72BN3. The summed E-state index contributed by atoms with van der Waals surface area (Å²) >= 11 is 0. The van der Waals surface area contributed by atoms with Gasteiger partial charge >= 0.3 is 6.85 Å². The van der Waals surface area contributed by atoms with Gasteiger partial charge in [0.05, 0.1) is 16.7 Å². The average Bonchev–Trinajstić information content (AvgIpc) is 3.94. The molecule has 2 aromatic heterocycles. The van der Waals surface area contributed by atoms with E-state index in [1.54, 1.807) is 0 Å². The van der Waals surface area contributed by atoms with Crippen molar-refractivity contribution >= 4 is 67.5 Å². The molecule has 0 saturated carbocycles. The van der Waals surface area contributed by atoms with E-state index in [2.05, 4.69) is 282 Å². The van der Waals surface area contributed by atoms with E-state index in [9.17, 15) is 0 Å². The fraction of sp³-hybridized carbons (Fsp3) is 0.286. The van der Waals surface area contributed by atoms with Crippen LogP contribution in [0.1, 0.15) is 132 Å². The van der Waals surface area contributed by atoms with E-state index in [4.69, 9.17) is 0 Å². The summed E-state index contributed by atoms with van der Waals surface area (Å²) in [5.74, 6) is 0. The number of fused-ring (bicyclic) bond motifs is 8. The van der Waals surface area contributed by atoms with Crippen molar-refractivity contribution in [2.24, 2.45) is 0 Å². The van der Waals surface area contributed by atoms with Gasteiger partial charge in [-0.2, -0.15) is 0 Å². The Balaban J connectivity index is 1.31. The lowest BCUT2D eigenvalue weighted by Crippen LogP contribution is -2.57. The zero-order valence-electron chi connectivity index (χ0n) is 46.5. The van der Waals surface area contributed by atoms with Crippen molar-refractivity contribution in [2.45, 2.75) is 131 Å². The molecule has 0 fully saturated rings. The van der Waals surface area contributed by atoms with Gasteiger partial charge in [-0.05, 0) is 143 Å². The Kier molecular flexibility index (Phi) is 10.5. The van der Waals surface area contributed by atoms with Crippen LogP contribution in [0.5, 0.6) is 0 Å². The Morgan fingerprint density at radius 2 is 0.878 bits per heavy atom. The molecular weight excluding hydrogens is 894 g/mol. The minimum absolute atomic E-state index is 0.000101. The van der Waals surface area contributed by atoms with Crippen molar-refractivity contribution < 1.29 is 0 Å². The highest BCUT2D eigenvalue weighted by atomic mass is 15.2. The Bertz CT molecular complexity index is 3870. The Morgan fingerprint density at radius 3 is 1.45 bits per heavy atom. The zero-order valence-corrected chi connectivity index (χ0v) is 46.5. The van der Waals surface area contributed by atoms with Crippen LogP contribution in [0.15, 0.2) is 164 Å². The number of benzene rings is 8. The van der Waals surface area contributed by atoms with Gasteiger partial charge in [-0.15, -0.1) is 0 Å². The largest absolute Gasteiger partial charge is 0.375 e. The maximum absolute atomic E-state index is 2.78. The predicted molar refractivity (Wildman–Crippen MR) is 321 cm³/mol. The van der Waals surface area contributed by atoms with E-state index >= 15 is 0 Å². The maximum atomic E-state index is 2.78. The molecule has 0 radical (unpaired) electrons. The molecule has 2 aliphatic heterocycles. The quantitative estimate of drug-likeness (QED) is 0.160. The van der Waals surface area contributed by atoms with Gasteiger partial charge in [0.2, 0.25) is 0 Å². The van der Waals surface area contributed by atoms with Crippen LogP contribution >= 0.6 is 0 Å². The van der Waals surface area contributed by atoms with Crippen LogP contribution in [0.2, 0.25) is 0 Å². The van der Waals surface area contributed by atoms with Gasteiger partial charge in [0.25, 0.3) is 0 Å². The second kappa shape index (κ2) is 16.2. The van der Waals surface area contributed by atoms with E-state index in [0.29, 0.717) is 0 Å². The van der Waals surface area contributed by atoms with E-state index in [1.165, 1.54) is 128 Å². The minimum Gasteiger partial charge on any atom is -0.375 e. The second-order valence-corrected chi connectivity index (χ2v) is 26.7. The number of nitrogens with zero attached hydrogens (tertiary/aromatic N) is 3. The first-order valence-corrected chi connectivity index (χ1v) is 27.0. The van der Waals surface area contributed by atoms with E-state index in [1.807, 2.05) is 0 Å². The van der Waals surface area contributed by atoms with Crippen molar-refractivity contribution in [3.8, 4) is 39.2 Å². The fourth-order valence-electron chi connectivity index (χ4n) is 12.2. The summed E-state index contributed by atoms with van der Waals surface area (Å²) in [6.45, 7) is 35.0. The number of anilines is 3. The van der Waals surface area contributed by atoms with Crippen molar-refractivity contribution in [3.05, 3.63) is 192 Å². The Labute approximate surface area is 441 Å². The lowest BCUT2D eigenvalue weighted by molar-refractivity contribution is 0.589. The van der Waals surface area contributed by atoms with Crippen LogP contribution in [-0.2, 0) is 27.1 Å². The molecule has 0 N–H and O–H groups in total. The summed E-state index contributed by atoms with van der Waals surface area (Å²) in [5.41, 5.74) is 25.2. The Morgan fingerprint density at radius 1 is 0.392 bits per heavy atom. The molecule has 4 heterocycles. The third-order valence-electron chi connectivity index (χ3n) is 16.5. The lowest BCUT2D eigenvalue weighted by Gasteiger charge is -2.42. The molecule has 8 aromatic carbocycles. The molecule has 10 aromatic rings. The van der Waals surface area contributed by atoms with Crippen LogP contribution < -0.4 is 15.8 Å². The molecule has 2 aliphatic rings. The minimum atomic E-state index is -0.156. The van der Waals surface area contributed by atoms with Crippen molar-refractivity contribution in [1.82, 2.24) is 9.05 Å². The standard InChI is InChI=1S/C70H72BN3/c1-66(2,3)45-26-31-50(32-27-45)72-57-36-30-47(68(7,8)9)38-54(57)61-58(72)37-35-56-65(61)73(51-33-28-46(29-34-51)67(4,5)6)59-42-49(70(13,14)15)39-52-53-40-48(69(10,11)12)41-55-60(43-22-18-16-19-23-43)63(44-24-20-17-21-25-44)74(64(53)55)71(56)62(52)59/h16-42H,1-15H3. The summed E-state index contributed by atoms with van der Waals surface area (Å²) in [5, 5.41) is 3.85. The second-order valence-electron chi connectivity index (χ2n) is 26.7. The molecule has 0 aliphatic carbocycles. The highest BCUT2D eigenvalue weighted by molar-refractivity contribution is 6.90. The van der Waals surface area contributed by atoms with Gasteiger partial charge < -0.3 is 13.9 Å². The smallest absolute Gasteiger partial charge is 0.333 e. The third kappa shape index (κ3) is 7.44. The summed E-state index contributed by atoms with van der Waals surface area (Å²) < 4.78 is 5.32. The van der Waals surface area contributed by atoms with Gasteiger partial charge in [-0.25, -0.2) is 0 Å².